The van der Waals surface area contributed by atoms with Crippen molar-refractivity contribution < 1.29 is 72.1 Å². The Morgan fingerprint density at radius 3 is 0.950 bits per heavy atom. The van der Waals surface area contributed by atoms with Crippen LogP contribution >= 0.6 is 38.3 Å². The standard InChI is InChI=1S/C17H44N3O15P5/c21-36(22,23)13-18(9-5-1-3-7-11-19(14-37(24,25)26)15-38(27,28)29)10-6-2-4-8-12-20(16-39(30,31)32)17-40(33,34)35/h24-26H,1-17H2,(H7-,21,22,23,27,28,29,30,31,32,33,34,35)/p+1. The third-order valence-electron chi connectivity index (χ3n) is 5.32. The van der Waals surface area contributed by atoms with Crippen molar-refractivity contribution in [2.24, 2.45) is 0 Å². The fourth-order valence-electron chi connectivity index (χ4n) is 3.98. The molecule has 0 aliphatic rings. The van der Waals surface area contributed by atoms with E-state index in [4.69, 9.17) is 29.4 Å². The zero-order chi connectivity index (χ0) is 31.3. The zero-order valence-corrected chi connectivity index (χ0v) is 26.6. The normalized spacial score (nSPS) is 14.2. The quantitative estimate of drug-likeness (QED) is 0.0479. The second kappa shape index (κ2) is 18.6. The molecule has 0 atom stereocenters. The molecule has 0 fully saturated rings. The summed E-state index contributed by atoms with van der Waals surface area (Å²) in [5.74, 6) is 0. The fraction of sp³-hybridized carbons (Fsp3) is 1.00. The van der Waals surface area contributed by atoms with Crippen molar-refractivity contribution >= 4 is 38.3 Å². The lowest BCUT2D eigenvalue weighted by Crippen LogP contribution is -2.29. The summed E-state index contributed by atoms with van der Waals surface area (Å²) in [5.41, 5.74) is 0. The van der Waals surface area contributed by atoms with Crippen LogP contribution in [0, 0.1) is 0 Å². The van der Waals surface area contributed by atoms with Crippen LogP contribution in [0.5, 0.6) is 0 Å². The molecule has 0 unspecified atom stereocenters. The Balaban J connectivity index is 4.51. The molecular formula is C17H45N3O15P5+. The van der Waals surface area contributed by atoms with Crippen LogP contribution in [0.3, 0.4) is 0 Å². The van der Waals surface area contributed by atoms with E-state index in [1.807, 2.05) is 0 Å². The summed E-state index contributed by atoms with van der Waals surface area (Å²) < 4.78 is 45.1. The van der Waals surface area contributed by atoms with Gasteiger partial charge in [-0.3, -0.25) is 33.0 Å². The SMILES string of the molecule is O=P(O)(O)CN(CCCCCCN(CP(=O)(O)O)CP(=O)(O)O)CCCCCCN(CP(=O)(O)O)C[P+](O)(O)O. The molecule has 0 bridgehead atoms. The second-order valence-electron chi connectivity index (χ2n) is 9.79. The van der Waals surface area contributed by atoms with Crippen molar-refractivity contribution in [2.75, 3.05) is 57.6 Å². The van der Waals surface area contributed by atoms with Gasteiger partial charge in [-0.05, 0) is 45.3 Å². The molecule has 0 radical (unpaired) electrons. The molecule has 0 spiro atoms. The van der Waals surface area contributed by atoms with E-state index in [2.05, 4.69) is 0 Å². The van der Waals surface area contributed by atoms with E-state index >= 15 is 0 Å². The number of nitrogens with zero attached hydrogens (tertiary/aromatic N) is 3. The van der Waals surface area contributed by atoms with Gasteiger partial charge >= 0.3 is 38.3 Å². The highest BCUT2D eigenvalue weighted by Crippen LogP contribution is 2.47. The van der Waals surface area contributed by atoms with Crippen LogP contribution in [-0.4, -0.2) is 126 Å². The molecule has 0 aromatic rings. The van der Waals surface area contributed by atoms with E-state index in [0.29, 0.717) is 64.5 Å². The van der Waals surface area contributed by atoms with Crippen molar-refractivity contribution in [2.45, 2.75) is 51.4 Å². The highest BCUT2D eigenvalue weighted by atomic mass is 31.2. The molecule has 242 valence electrons. The molecule has 23 heteroatoms. The maximum absolute atomic E-state index is 11.5. The lowest BCUT2D eigenvalue weighted by atomic mass is 10.1. The Hall–Kier alpha value is 0.790. The zero-order valence-electron chi connectivity index (χ0n) is 22.2. The molecule has 0 aliphatic carbocycles. The van der Waals surface area contributed by atoms with Crippen molar-refractivity contribution in [1.29, 1.82) is 0 Å². The second-order valence-corrected chi connectivity index (χ2v) is 17.9. The van der Waals surface area contributed by atoms with Crippen molar-refractivity contribution in [3.05, 3.63) is 0 Å². The average Bonchev–Trinajstić information content (AvgIpc) is 2.66. The summed E-state index contributed by atoms with van der Waals surface area (Å²) in [5, 5.41) is 0. The Kier molecular flexibility index (Phi) is 18.9. The van der Waals surface area contributed by atoms with Crippen LogP contribution in [-0.2, 0) is 18.3 Å². The first kappa shape index (κ1) is 40.8. The van der Waals surface area contributed by atoms with Gasteiger partial charge in [-0.1, -0.05) is 25.7 Å². The van der Waals surface area contributed by atoms with Crippen LogP contribution in [0.2, 0.25) is 0 Å². The summed E-state index contributed by atoms with van der Waals surface area (Å²) in [6, 6.07) is 0. The van der Waals surface area contributed by atoms with Crippen LogP contribution < -0.4 is 0 Å². The molecule has 0 amide bonds. The number of rotatable bonds is 24. The number of hydrogen-bond donors (Lipinski definition) is 11. The minimum atomic E-state index is -4.50. The largest absolute Gasteiger partial charge is 0.419 e. The van der Waals surface area contributed by atoms with Gasteiger partial charge in [0.1, 0.15) is 25.1 Å². The lowest BCUT2D eigenvalue weighted by Gasteiger charge is -2.24. The van der Waals surface area contributed by atoms with E-state index in [-0.39, 0.29) is 13.1 Å². The van der Waals surface area contributed by atoms with Crippen LogP contribution in [0.15, 0.2) is 0 Å². The summed E-state index contributed by atoms with van der Waals surface area (Å²) in [7, 11) is -22.1. The van der Waals surface area contributed by atoms with E-state index in [1.54, 1.807) is 4.90 Å². The predicted octanol–water partition coefficient (Wildman–Crippen LogP) is 0.251. The molecule has 0 heterocycles. The molecule has 18 nitrogen and oxygen atoms in total. The first-order valence-corrected chi connectivity index (χ1v) is 21.4. The highest BCUT2D eigenvalue weighted by Gasteiger charge is 2.35. The molecule has 0 aliphatic heterocycles. The summed E-state index contributed by atoms with van der Waals surface area (Å²) in [6.07, 6.45) is 0.923. The first-order valence-electron chi connectivity index (χ1n) is 12.4. The fourth-order valence-corrected chi connectivity index (χ4v) is 8.17. The minimum Gasteiger partial charge on any atom is -0.324 e. The highest BCUT2D eigenvalue weighted by molar-refractivity contribution is 7.58. The Bertz CT molecular complexity index is 875. The van der Waals surface area contributed by atoms with E-state index in [1.165, 1.54) is 0 Å². The molecule has 0 rings (SSSR count). The summed E-state index contributed by atoms with van der Waals surface area (Å²) in [4.78, 5) is 105. The number of hydrogen-bond acceptors (Lipinski definition) is 10. The molecule has 40 heavy (non-hydrogen) atoms. The van der Waals surface area contributed by atoms with Crippen LogP contribution in [0.25, 0.3) is 0 Å². The summed E-state index contributed by atoms with van der Waals surface area (Å²) in [6.45, 7) is 0.894. The van der Waals surface area contributed by atoms with Gasteiger partial charge in [-0.15, -0.1) is 0 Å². The topological polar surface area (TPSA) is 301 Å². The average molecular weight is 686 g/mol. The van der Waals surface area contributed by atoms with Crippen molar-refractivity contribution in [3.8, 4) is 0 Å². The molecular weight excluding hydrogens is 641 g/mol. The lowest BCUT2D eigenvalue weighted by molar-refractivity contribution is 0.251. The molecule has 0 saturated carbocycles. The molecule has 0 aromatic carbocycles. The third-order valence-corrected chi connectivity index (χ3v) is 9.18. The van der Waals surface area contributed by atoms with Crippen molar-refractivity contribution in [1.82, 2.24) is 14.7 Å². The van der Waals surface area contributed by atoms with Gasteiger partial charge in [-0.2, -0.15) is 14.7 Å². The predicted molar refractivity (Wildman–Crippen MR) is 148 cm³/mol. The maximum Gasteiger partial charge on any atom is 0.419 e. The van der Waals surface area contributed by atoms with Gasteiger partial charge in [0, 0.05) is 6.54 Å². The van der Waals surface area contributed by atoms with Crippen molar-refractivity contribution in [3.63, 3.8) is 0 Å². The number of unbranched alkanes of at least 4 members (excludes halogenated alkanes) is 6. The Morgan fingerprint density at radius 1 is 0.400 bits per heavy atom. The van der Waals surface area contributed by atoms with Crippen LogP contribution in [0.4, 0.5) is 0 Å². The van der Waals surface area contributed by atoms with Gasteiger partial charge in [0.05, 0.1) is 0 Å². The maximum atomic E-state index is 11.5. The van der Waals surface area contributed by atoms with Gasteiger partial charge in [0.2, 0.25) is 0 Å². The van der Waals surface area contributed by atoms with Gasteiger partial charge in [0.15, 0.2) is 6.29 Å². The van der Waals surface area contributed by atoms with E-state index in [9.17, 15) is 42.7 Å². The van der Waals surface area contributed by atoms with Crippen LogP contribution in [0.1, 0.15) is 51.4 Å². The summed E-state index contributed by atoms with van der Waals surface area (Å²) >= 11 is 0. The molecule has 11 N–H and O–H groups in total. The first-order chi connectivity index (χ1) is 17.9. The Morgan fingerprint density at radius 2 is 0.650 bits per heavy atom. The van der Waals surface area contributed by atoms with Gasteiger partial charge in [0.25, 0.3) is 0 Å². The Labute approximate surface area is 234 Å². The van der Waals surface area contributed by atoms with E-state index < -0.39 is 69.8 Å². The monoisotopic (exact) mass is 686 g/mol. The smallest absolute Gasteiger partial charge is 0.324 e. The minimum absolute atomic E-state index is 0.0612. The molecule has 0 aromatic heterocycles. The molecule has 0 saturated heterocycles. The van der Waals surface area contributed by atoms with Gasteiger partial charge < -0.3 is 39.1 Å². The van der Waals surface area contributed by atoms with E-state index in [0.717, 1.165) is 9.80 Å². The van der Waals surface area contributed by atoms with Gasteiger partial charge in [-0.25, -0.2) is 0 Å². The third kappa shape index (κ3) is 28.9.